The number of aliphatic carboxylic acids is 2. The van der Waals surface area contributed by atoms with Crippen LogP contribution in [0.4, 0.5) is 0 Å². The Labute approximate surface area is 89.3 Å². The van der Waals surface area contributed by atoms with Gasteiger partial charge in [-0.3, -0.25) is 4.79 Å². The minimum absolute atomic E-state index is 0.352. The lowest BCUT2D eigenvalue weighted by Crippen LogP contribution is -2.52. The highest BCUT2D eigenvalue weighted by Gasteiger charge is 2.62. The van der Waals surface area contributed by atoms with E-state index in [0.29, 0.717) is 12.8 Å². The van der Waals surface area contributed by atoms with Gasteiger partial charge in [-0.1, -0.05) is 20.8 Å². The molecule has 15 heavy (non-hydrogen) atoms. The van der Waals surface area contributed by atoms with Crippen LogP contribution in [-0.4, -0.2) is 17.0 Å². The average molecular weight is 213 g/mol. The zero-order valence-corrected chi connectivity index (χ0v) is 9.59. The predicted octanol–water partition coefficient (Wildman–Crippen LogP) is 0.654. The molecule has 1 saturated carbocycles. The maximum absolute atomic E-state index is 11.2. The summed E-state index contributed by atoms with van der Waals surface area (Å²) in [7, 11) is 0. The van der Waals surface area contributed by atoms with Crippen molar-refractivity contribution in [1.29, 1.82) is 0 Å². The standard InChI is InChI=1S/C11H18O4/c1-9(2)10(3,7(12)13)5-6-11(9,4)8(14)15/h5-6H2,1-4H3,(H,12,13)(H,14,15)/p-1/t10-,11+. The summed E-state index contributed by atoms with van der Waals surface area (Å²) in [4.78, 5) is 22.4. The summed E-state index contributed by atoms with van der Waals surface area (Å²) < 4.78 is 0. The Hall–Kier alpha value is -1.06. The van der Waals surface area contributed by atoms with Gasteiger partial charge in [0.25, 0.3) is 0 Å². The molecule has 0 aromatic rings. The second-order valence-electron chi connectivity index (χ2n) is 5.38. The Bertz CT molecular complexity index is 291. The highest BCUT2D eigenvalue weighted by molar-refractivity contribution is 5.81. The van der Waals surface area contributed by atoms with Crippen molar-refractivity contribution in [1.82, 2.24) is 0 Å². The van der Waals surface area contributed by atoms with Crippen LogP contribution in [0.25, 0.3) is 0 Å². The Kier molecular flexibility index (Phi) is 2.38. The third-order valence-electron chi connectivity index (χ3n) is 4.81. The molecule has 0 bridgehead atoms. The highest BCUT2D eigenvalue weighted by atomic mass is 16.4. The second-order valence-corrected chi connectivity index (χ2v) is 5.38. The van der Waals surface area contributed by atoms with Gasteiger partial charge in [-0.15, -0.1) is 0 Å². The largest absolute Gasteiger partial charge is 0.550 e. The van der Waals surface area contributed by atoms with Crippen molar-refractivity contribution in [3.8, 4) is 0 Å². The summed E-state index contributed by atoms with van der Waals surface area (Å²) in [6, 6.07) is 0. The van der Waals surface area contributed by atoms with Crippen molar-refractivity contribution in [3.05, 3.63) is 0 Å². The zero-order chi connectivity index (χ0) is 12.1. The lowest BCUT2D eigenvalue weighted by atomic mass is 9.59. The molecule has 2 atom stereocenters. The third kappa shape index (κ3) is 1.20. The van der Waals surface area contributed by atoms with Crippen molar-refractivity contribution < 1.29 is 19.8 Å². The number of hydrogen-bond donors (Lipinski definition) is 1. The van der Waals surface area contributed by atoms with Crippen LogP contribution >= 0.6 is 0 Å². The van der Waals surface area contributed by atoms with Crippen LogP contribution in [0.1, 0.15) is 40.5 Å². The summed E-state index contributed by atoms with van der Waals surface area (Å²) in [6.45, 7) is 6.59. The van der Waals surface area contributed by atoms with E-state index in [2.05, 4.69) is 0 Å². The average Bonchev–Trinajstić information content (AvgIpc) is 2.28. The van der Waals surface area contributed by atoms with Crippen molar-refractivity contribution in [2.75, 3.05) is 0 Å². The maximum Gasteiger partial charge on any atom is 0.309 e. The smallest absolute Gasteiger partial charge is 0.309 e. The lowest BCUT2D eigenvalue weighted by Gasteiger charge is -2.45. The molecule has 1 aliphatic rings. The van der Waals surface area contributed by atoms with Gasteiger partial charge in [0.15, 0.2) is 0 Å². The molecule has 1 N–H and O–H groups in total. The monoisotopic (exact) mass is 213 g/mol. The first-order chi connectivity index (χ1) is 6.59. The van der Waals surface area contributed by atoms with E-state index in [1.165, 1.54) is 0 Å². The third-order valence-corrected chi connectivity index (χ3v) is 4.81. The summed E-state index contributed by atoms with van der Waals surface area (Å²) >= 11 is 0. The number of hydrogen-bond acceptors (Lipinski definition) is 3. The molecule has 1 rings (SSSR count). The maximum atomic E-state index is 11.2. The molecular formula is C11H17O4-. The molecular weight excluding hydrogens is 196 g/mol. The van der Waals surface area contributed by atoms with Crippen LogP contribution < -0.4 is 5.11 Å². The molecule has 0 aliphatic heterocycles. The molecule has 4 nitrogen and oxygen atoms in total. The van der Waals surface area contributed by atoms with E-state index >= 15 is 0 Å². The van der Waals surface area contributed by atoms with Gasteiger partial charge >= 0.3 is 5.97 Å². The molecule has 1 fully saturated rings. The van der Waals surface area contributed by atoms with Crippen LogP contribution in [0.5, 0.6) is 0 Å². The Balaban J connectivity index is 3.26. The number of carboxylic acid groups (broad SMARTS) is 2. The van der Waals surface area contributed by atoms with Crippen molar-refractivity contribution in [2.45, 2.75) is 40.5 Å². The first-order valence-corrected chi connectivity index (χ1v) is 5.04. The Morgan fingerprint density at radius 2 is 1.47 bits per heavy atom. The lowest BCUT2D eigenvalue weighted by molar-refractivity contribution is -0.323. The fraction of sp³-hybridized carbons (Fsp3) is 0.818. The topological polar surface area (TPSA) is 77.4 Å². The molecule has 0 saturated heterocycles. The van der Waals surface area contributed by atoms with E-state index in [9.17, 15) is 19.8 Å². The summed E-state index contributed by atoms with van der Waals surface area (Å²) in [5, 5.41) is 20.4. The van der Waals surface area contributed by atoms with Gasteiger partial charge in [0.05, 0.1) is 5.41 Å². The van der Waals surface area contributed by atoms with Gasteiger partial charge in [0.1, 0.15) is 0 Å². The minimum Gasteiger partial charge on any atom is -0.550 e. The quantitative estimate of drug-likeness (QED) is 0.730. The summed E-state index contributed by atoms with van der Waals surface area (Å²) in [6.07, 6.45) is 0.727. The molecule has 1 aliphatic carbocycles. The molecule has 0 radical (unpaired) electrons. The van der Waals surface area contributed by atoms with E-state index in [-0.39, 0.29) is 0 Å². The van der Waals surface area contributed by atoms with Crippen LogP contribution in [-0.2, 0) is 9.59 Å². The van der Waals surface area contributed by atoms with Gasteiger partial charge in [-0.05, 0) is 25.2 Å². The summed E-state index contributed by atoms with van der Waals surface area (Å²) in [5.74, 6) is -2.09. The van der Waals surface area contributed by atoms with Gasteiger partial charge in [0.2, 0.25) is 0 Å². The van der Waals surface area contributed by atoms with Gasteiger partial charge in [-0.2, -0.15) is 0 Å². The predicted molar refractivity (Wildman–Crippen MR) is 51.9 cm³/mol. The molecule has 0 aromatic heterocycles. The normalized spacial score (nSPS) is 38.9. The van der Waals surface area contributed by atoms with E-state index in [1.807, 2.05) is 0 Å². The number of rotatable bonds is 2. The second kappa shape index (κ2) is 2.97. The Morgan fingerprint density at radius 3 is 1.67 bits per heavy atom. The number of carbonyl (C=O) groups is 2. The van der Waals surface area contributed by atoms with Crippen LogP contribution in [0.15, 0.2) is 0 Å². The molecule has 0 spiro atoms. The van der Waals surface area contributed by atoms with E-state index in [0.717, 1.165) is 0 Å². The molecule has 4 heteroatoms. The van der Waals surface area contributed by atoms with Gasteiger partial charge in [0, 0.05) is 11.4 Å². The van der Waals surface area contributed by atoms with Crippen molar-refractivity contribution in [3.63, 3.8) is 0 Å². The first kappa shape index (κ1) is 12.0. The number of carbonyl (C=O) groups excluding carboxylic acids is 1. The van der Waals surface area contributed by atoms with Crippen LogP contribution in [0, 0.1) is 16.2 Å². The molecule has 0 aromatic carbocycles. The van der Waals surface area contributed by atoms with Crippen molar-refractivity contribution >= 4 is 11.9 Å². The minimum atomic E-state index is -1.16. The van der Waals surface area contributed by atoms with Crippen LogP contribution in [0.2, 0.25) is 0 Å². The summed E-state index contributed by atoms with van der Waals surface area (Å²) in [5.41, 5.74) is -2.88. The van der Waals surface area contributed by atoms with Gasteiger partial charge < -0.3 is 15.0 Å². The molecule has 0 amide bonds. The fourth-order valence-corrected chi connectivity index (χ4v) is 2.47. The SMILES string of the molecule is CC1(C)[C@](C)(C(=O)[O-])CC[C@]1(C)C(=O)O. The number of carboxylic acids is 2. The van der Waals surface area contributed by atoms with E-state index in [4.69, 9.17) is 0 Å². The van der Waals surface area contributed by atoms with Crippen LogP contribution in [0.3, 0.4) is 0 Å². The molecule has 0 unspecified atom stereocenters. The zero-order valence-electron chi connectivity index (χ0n) is 9.59. The fourth-order valence-electron chi connectivity index (χ4n) is 2.47. The highest BCUT2D eigenvalue weighted by Crippen LogP contribution is 2.62. The molecule has 0 heterocycles. The first-order valence-electron chi connectivity index (χ1n) is 5.04. The molecule has 86 valence electrons. The van der Waals surface area contributed by atoms with E-state index < -0.39 is 28.2 Å². The van der Waals surface area contributed by atoms with Gasteiger partial charge in [-0.25, -0.2) is 0 Å². The van der Waals surface area contributed by atoms with E-state index in [1.54, 1.807) is 27.7 Å². The Morgan fingerprint density at radius 1 is 1.07 bits per heavy atom. The van der Waals surface area contributed by atoms with Crippen molar-refractivity contribution in [2.24, 2.45) is 16.2 Å².